The maximum absolute atomic E-state index is 7.93. The molecule has 5 heteroatoms. The van der Waals surface area contributed by atoms with E-state index in [0.29, 0.717) is 5.56 Å². The fourth-order valence-corrected chi connectivity index (χ4v) is 1.69. The lowest BCUT2D eigenvalue weighted by atomic mass is 10.0. The highest BCUT2D eigenvalue weighted by atomic mass is 14.8. The predicted octanol–water partition coefficient (Wildman–Crippen LogP) is 2.19. The lowest BCUT2D eigenvalue weighted by Crippen LogP contribution is -2.24. The Morgan fingerprint density at radius 1 is 1.42 bits per heavy atom. The summed E-state index contributed by atoms with van der Waals surface area (Å²) in [5, 5.41) is 15.4. The number of allylic oxidation sites excluding steroid dienone is 2. The molecule has 0 bridgehead atoms. The van der Waals surface area contributed by atoms with E-state index in [1.165, 1.54) is 6.21 Å². The first kappa shape index (κ1) is 14.8. The van der Waals surface area contributed by atoms with Crippen LogP contribution in [0.4, 0.5) is 0 Å². The van der Waals surface area contributed by atoms with Gasteiger partial charge in [-0.15, -0.1) is 0 Å². The summed E-state index contributed by atoms with van der Waals surface area (Å²) in [7, 11) is 1.55. The number of aromatic nitrogens is 1. The molecule has 0 atom stereocenters. The summed E-state index contributed by atoms with van der Waals surface area (Å²) in [5.74, 6) is 0.187. The van der Waals surface area contributed by atoms with E-state index in [1.54, 1.807) is 13.2 Å². The van der Waals surface area contributed by atoms with Gasteiger partial charge in [0.25, 0.3) is 0 Å². The Labute approximate surface area is 113 Å². The zero-order valence-corrected chi connectivity index (χ0v) is 11.7. The van der Waals surface area contributed by atoms with Crippen LogP contribution in [0.25, 0.3) is 5.57 Å². The first-order chi connectivity index (χ1) is 8.92. The van der Waals surface area contributed by atoms with Crippen LogP contribution in [0.3, 0.4) is 0 Å². The van der Waals surface area contributed by atoms with Gasteiger partial charge in [0.2, 0.25) is 0 Å². The summed E-state index contributed by atoms with van der Waals surface area (Å²) in [6, 6.07) is 1.86. The summed E-state index contributed by atoms with van der Waals surface area (Å²) in [5.41, 5.74) is 9.91. The molecule has 1 aromatic heterocycles. The molecule has 0 aliphatic rings. The molecular weight excluding hydrogens is 238 g/mol. The van der Waals surface area contributed by atoms with Crippen molar-refractivity contribution < 1.29 is 0 Å². The second-order valence-corrected chi connectivity index (χ2v) is 4.43. The van der Waals surface area contributed by atoms with Gasteiger partial charge in [0, 0.05) is 30.6 Å². The minimum absolute atomic E-state index is 0.174. The van der Waals surface area contributed by atoms with E-state index in [9.17, 15) is 0 Å². The smallest absolute Gasteiger partial charge is 0.144 e. The summed E-state index contributed by atoms with van der Waals surface area (Å²) >= 11 is 0. The molecule has 5 nitrogen and oxygen atoms in total. The molecule has 0 radical (unpaired) electrons. The number of aliphatic imine (C=N–C) groups is 1. The van der Waals surface area contributed by atoms with Crippen LogP contribution in [0.1, 0.15) is 30.7 Å². The van der Waals surface area contributed by atoms with Gasteiger partial charge in [0.1, 0.15) is 11.5 Å². The number of hydrogen-bond acceptors (Lipinski definition) is 4. The number of rotatable bonds is 4. The van der Waals surface area contributed by atoms with Crippen LogP contribution in [-0.4, -0.2) is 29.8 Å². The molecular formula is C14H19N5. The Balaban J connectivity index is 3.30. The standard InChI is InChI=1S/C14H19N5/c1-8(2)10(6-15)12-5-9(3)11(7-19-12)13(16)14(17)18-4/h5-7,15-16H,1-4H3,(H2,17,18). The SMILES string of the molecule is CN=C(N)C(=N)c1cnc(C(C=N)=C(C)C)cc1C. The molecule has 0 amide bonds. The molecule has 0 unspecified atom stereocenters. The largest absolute Gasteiger partial charge is 0.382 e. The zero-order chi connectivity index (χ0) is 14.6. The summed E-state index contributed by atoms with van der Waals surface area (Å²) in [4.78, 5) is 8.11. The van der Waals surface area contributed by atoms with Crippen LogP contribution in [0.2, 0.25) is 0 Å². The second kappa shape index (κ2) is 6.04. The van der Waals surface area contributed by atoms with Gasteiger partial charge in [-0.25, -0.2) is 0 Å². The molecule has 0 saturated carbocycles. The monoisotopic (exact) mass is 257 g/mol. The highest BCUT2D eigenvalue weighted by molar-refractivity contribution is 6.46. The minimum Gasteiger partial charge on any atom is -0.382 e. The van der Waals surface area contributed by atoms with Gasteiger partial charge in [0.05, 0.1) is 5.69 Å². The van der Waals surface area contributed by atoms with Crippen molar-refractivity contribution in [3.63, 3.8) is 0 Å². The Hall–Kier alpha value is -2.30. The number of nitrogens with two attached hydrogens (primary N) is 1. The number of nitrogens with zero attached hydrogens (tertiary/aromatic N) is 2. The molecule has 0 fully saturated rings. The van der Waals surface area contributed by atoms with Crippen molar-refractivity contribution in [2.45, 2.75) is 20.8 Å². The summed E-state index contributed by atoms with van der Waals surface area (Å²) < 4.78 is 0. The second-order valence-electron chi connectivity index (χ2n) is 4.43. The van der Waals surface area contributed by atoms with Crippen molar-refractivity contribution in [1.29, 1.82) is 10.8 Å². The van der Waals surface area contributed by atoms with Crippen LogP contribution >= 0.6 is 0 Å². The molecule has 100 valence electrons. The number of amidine groups is 1. The lowest BCUT2D eigenvalue weighted by Gasteiger charge is -2.10. The third kappa shape index (κ3) is 3.13. The molecule has 1 rings (SSSR count). The van der Waals surface area contributed by atoms with Gasteiger partial charge in [0.15, 0.2) is 0 Å². The van der Waals surface area contributed by atoms with E-state index in [1.807, 2.05) is 26.8 Å². The number of nitrogens with one attached hydrogen (secondary N) is 2. The van der Waals surface area contributed by atoms with Gasteiger partial charge < -0.3 is 11.1 Å². The molecule has 4 N–H and O–H groups in total. The van der Waals surface area contributed by atoms with Crippen molar-refractivity contribution in [3.05, 3.63) is 34.7 Å². The Kier molecular flexibility index (Phi) is 4.69. The molecule has 0 aromatic carbocycles. The van der Waals surface area contributed by atoms with Gasteiger partial charge in [-0.05, 0) is 32.4 Å². The zero-order valence-electron chi connectivity index (χ0n) is 11.7. The first-order valence-corrected chi connectivity index (χ1v) is 5.88. The first-order valence-electron chi connectivity index (χ1n) is 5.88. The van der Waals surface area contributed by atoms with Crippen molar-refractivity contribution in [2.75, 3.05) is 7.05 Å². The topological polar surface area (TPSA) is 99.0 Å². The molecule has 0 aliphatic carbocycles. The number of aryl methyl sites for hydroxylation is 1. The van der Waals surface area contributed by atoms with E-state index >= 15 is 0 Å². The van der Waals surface area contributed by atoms with E-state index in [2.05, 4.69) is 9.98 Å². The molecule has 1 heterocycles. The predicted molar refractivity (Wildman–Crippen MR) is 80.4 cm³/mol. The van der Waals surface area contributed by atoms with Gasteiger partial charge >= 0.3 is 0 Å². The summed E-state index contributed by atoms with van der Waals surface area (Å²) in [6.45, 7) is 5.77. The van der Waals surface area contributed by atoms with E-state index in [4.69, 9.17) is 16.6 Å². The molecule has 0 spiro atoms. The third-order valence-electron chi connectivity index (χ3n) is 2.84. The van der Waals surface area contributed by atoms with E-state index in [0.717, 1.165) is 22.4 Å². The highest BCUT2D eigenvalue weighted by Gasteiger charge is 2.11. The lowest BCUT2D eigenvalue weighted by molar-refractivity contribution is 1.22. The van der Waals surface area contributed by atoms with Crippen molar-refractivity contribution in [2.24, 2.45) is 10.7 Å². The Morgan fingerprint density at radius 2 is 2.05 bits per heavy atom. The third-order valence-corrected chi connectivity index (χ3v) is 2.84. The van der Waals surface area contributed by atoms with Gasteiger partial charge in [-0.2, -0.15) is 0 Å². The Morgan fingerprint density at radius 3 is 2.47 bits per heavy atom. The fraction of sp³-hybridized carbons (Fsp3) is 0.286. The van der Waals surface area contributed by atoms with Crippen LogP contribution in [0, 0.1) is 17.7 Å². The minimum atomic E-state index is 0.174. The maximum Gasteiger partial charge on any atom is 0.144 e. The van der Waals surface area contributed by atoms with Crippen molar-refractivity contribution in [3.8, 4) is 0 Å². The van der Waals surface area contributed by atoms with Crippen LogP contribution in [0.15, 0.2) is 22.8 Å². The molecule has 19 heavy (non-hydrogen) atoms. The van der Waals surface area contributed by atoms with E-state index < -0.39 is 0 Å². The Bertz CT molecular complexity index is 577. The number of pyridine rings is 1. The average molecular weight is 257 g/mol. The van der Waals surface area contributed by atoms with Crippen LogP contribution in [0.5, 0.6) is 0 Å². The quantitative estimate of drug-likeness (QED) is 0.569. The molecule has 0 aliphatic heterocycles. The van der Waals surface area contributed by atoms with Gasteiger partial charge in [-0.1, -0.05) is 5.57 Å². The van der Waals surface area contributed by atoms with E-state index in [-0.39, 0.29) is 11.5 Å². The van der Waals surface area contributed by atoms with Crippen molar-refractivity contribution in [1.82, 2.24) is 4.98 Å². The highest BCUT2D eigenvalue weighted by Crippen LogP contribution is 2.17. The average Bonchev–Trinajstić information content (AvgIpc) is 2.37. The van der Waals surface area contributed by atoms with Crippen molar-refractivity contribution >= 4 is 23.3 Å². The molecule has 0 saturated heterocycles. The maximum atomic E-state index is 7.93. The van der Waals surface area contributed by atoms with Crippen LogP contribution < -0.4 is 5.73 Å². The van der Waals surface area contributed by atoms with Crippen LogP contribution in [-0.2, 0) is 0 Å². The summed E-state index contributed by atoms with van der Waals surface area (Å²) in [6.07, 6.45) is 2.90. The molecule has 1 aromatic rings. The number of hydrogen-bond donors (Lipinski definition) is 3. The normalized spacial score (nSPS) is 11.1. The fourth-order valence-electron chi connectivity index (χ4n) is 1.69. The van der Waals surface area contributed by atoms with Gasteiger partial charge in [-0.3, -0.25) is 15.4 Å².